The molecule has 6 heteroatoms. The molecule has 0 aliphatic rings. The third-order valence-electron chi connectivity index (χ3n) is 3.15. The Kier molecular flexibility index (Phi) is 5.55. The van der Waals surface area contributed by atoms with E-state index in [9.17, 15) is 4.79 Å². The maximum atomic E-state index is 12.5. The molecule has 1 aromatic rings. The number of amides is 1. The van der Waals surface area contributed by atoms with Crippen LogP contribution in [0.15, 0.2) is 0 Å². The number of rotatable bonds is 4. The SMILES string of the molecule is CC(C)(C)c1nnsc1C(=O)NC(CCCl)C(C)(C)C. The summed E-state index contributed by atoms with van der Waals surface area (Å²) >= 11 is 6.99. The van der Waals surface area contributed by atoms with Gasteiger partial charge in [0.2, 0.25) is 0 Å². The lowest BCUT2D eigenvalue weighted by molar-refractivity contribution is 0.0902. The number of carbonyl (C=O) groups excluding carboxylic acids is 1. The largest absolute Gasteiger partial charge is 0.348 e. The van der Waals surface area contributed by atoms with E-state index in [1.807, 2.05) is 20.8 Å². The predicted molar refractivity (Wildman–Crippen MR) is 84.7 cm³/mol. The van der Waals surface area contributed by atoms with Crippen LogP contribution in [0.1, 0.15) is 63.3 Å². The van der Waals surface area contributed by atoms with Gasteiger partial charge in [-0.15, -0.1) is 16.7 Å². The van der Waals surface area contributed by atoms with Gasteiger partial charge in [0.05, 0.1) is 5.69 Å². The molecule has 20 heavy (non-hydrogen) atoms. The summed E-state index contributed by atoms with van der Waals surface area (Å²) in [7, 11) is 0. The number of alkyl halides is 1. The number of halogens is 1. The Morgan fingerprint density at radius 1 is 1.30 bits per heavy atom. The summed E-state index contributed by atoms with van der Waals surface area (Å²) in [6.07, 6.45) is 0.744. The maximum Gasteiger partial charge on any atom is 0.265 e. The van der Waals surface area contributed by atoms with Crippen LogP contribution in [0.5, 0.6) is 0 Å². The van der Waals surface area contributed by atoms with Crippen LogP contribution in [0.4, 0.5) is 0 Å². The number of nitrogens with zero attached hydrogens (tertiary/aromatic N) is 2. The summed E-state index contributed by atoms with van der Waals surface area (Å²) in [4.78, 5) is 13.1. The van der Waals surface area contributed by atoms with Gasteiger partial charge in [-0.3, -0.25) is 4.79 Å². The van der Waals surface area contributed by atoms with E-state index < -0.39 is 0 Å². The van der Waals surface area contributed by atoms with Crippen molar-refractivity contribution in [3.8, 4) is 0 Å². The predicted octanol–water partition coefficient (Wildman–Crippen LogP) is 3.61. The second-order valence-electron chi connectivity index (χ2n) is 7.07. The molecule has 1 heterocycles. The van der Waals surface area contributed by atoms with E-state index in [1.54, 1.807) is 0 Å². The van der Waals surface area contributed by atoms with E-state index in [0.717, 1.165) is 23.6 Å². The van der Waals surface area contributed by atoms with Crippen LogP contribution in [-0.2, 0) is 5.41 Å². The average molecular weight is 318 g/mol. The van der Waals surface area contributed by atoms with E-state index in [2.05, 4.69) is 35.7 Å². The molecule has 0 aromatic carbocycles. The van der Waals surface area contributed by atoms with Crippen LogP contribution in [0.3, 0.4) is 0 Å². The third kappa shape index (κ3) is 4.42. The fourth-order valence-corrected chi connectivity index (χ4v) is 2.88. The number of hydrogen-bond donors (Lipinski definition) is 1. The van der Waals surface area contributed by atoms with Crippen molar-refractivity contribution in [1.29, 1.82) is 0 Å². The number of aromatic nitrogens is 2. The van der Waals surface area contributed by atoms with Gasteiger partial charge in [-0.2, -0.15) is 0 Å². The molecule has 1 aromatic heterocycles. The van der Waals surface area contributed by atoms with E-state index in [1.165, 1.54) is 0 Å². The molecule has 4 nitrogen and oxygen atoms in total. The summed E-state index contributed by atoms with van der Waals surface area (Å²) in [5, 5.41) is 7.19. The minimum atomic E-state index is -0.191. The first-order valence-corrected chi connectivity index (χ1v) is 8.08. The summed E-state index contributed by atoms with van der Waals surface area (Å²) in [6.45, 7) is 12.4. The Balaban J connectivity index is 2.93. The molecule has 0 aliphatic heterocycles. The Bertz CT molecular complexity index is 460. The van der Waals surface area contributed by atoms with Crippen LogP contribution < -0.4 is 5.32 Å². The van der Waals surface area contributed by atoms with Gasteiger partial charge in [0.25, 0.3) is 5.91 Å². The van der Waals surface area contributed by atoms with Crippen molar-refractivity contribution in [2.75, 3.05) is 5.88 Å². The zero-order chi connectivity index (χ0) is 15.6. The van der Waals surface area contributed by atoms with E-state index in [-0.39, 0.29) is 22.8 Å². The summed E-state index contributed by atoms with van der Waals surface area (Å²) < 4.78 is 3.93. The third-order valence-corrected chi connectivity index (χ3v) is 4.10. The molecule has 0 aliphatic carbocycles. The quantitative estimate of drug-likeness (QED) is 0.863. The topological polar surface area (TPSA) is 54.9 Å². The number of nitrogens with one attached hydrogen (secondary N) is 1. The molecular weight excluding hydrogens is 294 g/mol. The zero-order valence-corrected chi connectivity index (χ0v) is 14.7. The normalized spacial score (nSPS) is 14.2. The van der Waals surface area contributed by atoms with Gasteiger partial charge in [-0.05, 0) is 23.4 Å². The van der Waals surface area contributed by atoms with Crippen LogP contribution in [0.25, 0.3) is 0 Å². The Morgan fingerprint density at radius 3 is 2.35 bits per heavy atom. The Labute approximate surface area is 130 Å². The van der Waals surface area contributed by atoms with Crippen molar-refractivity contribution in [3.63, 3.8) is 0 Å². The van der Waals surface area contributed by atoms with Crippen LogP contribution >= 0.6 is 23.1 Å². The summed E-state index contributed by atoms with van der Waals surface area (Å²) in [6, 6.07) is 0.0300. The van der Waals surface area contributed by atoms with Crippen LogP contribution in [0.2, 0.25) is 0 Å². The van der Waals surface area contributed by atoms with Crippen molar-refractivity contribution in [1.82, 2.24) is 14.9 Å². The van der Waals surface area contributed by atoms with Crippen LogP contribution in [-0.4, -0.2) is 27.4 Å². The summed E-state index contributed by atoms with van der Waals surface area (Å²) in [5.74, 6) is 0.421. The second-order valence-corrected chi connectivity index (χ2v) is 8.20. The first-order valence-electron chi connectivity index (χ1n) is 6.77. The zero-order valence-electron chi connectivity index (χ0n) is 13.1. The first kappa shape index (κ1) is 17.4. The van der Waals surface area contributed by atoms with Crippen molar-refractivity contribution in [2.24, 2.45) is 5.41 Å². The average Bonchev–Trinajstić information content (AvgIpc) is 2.75. The molecule has 114 valence electrons. The number of hydrogen-bond acceptors (Lipinski definition) is 4. The highest BCUT2D eigenvalue weighted by Gasteiger charge is 2.30. The fraction of sp³-hybridized carbons (Fsp3) is 0.786. The van der Waals surface area contributed by atoms with Gasteiger partial charge in [0.15, 0.2) is 0 Å². The smallest absolute Gasteiger partial charge is 0.265 e. The highest BCUT2D eigenvalue weighted by Crippen LogP contribution is 2.27. The lowest BCUT2D eigenvalue weighted by Gasteiger charge is -2.31. The highest BCUT2D eigenvalue weighted by molar-refractivity contribution is 7.08. The Hall–Kier alpha value is -0.680. The highest BCUT2D eigenvalue weighted by atomic mass is 35.5. The molecule has 0 spiro atoms. The van der Waals surface area contributed by atoms with Crippen molar-refractivity contribution in [2.45, 2.75) is 59.4 Å². The van der Waals surface area contributed by atoms with E-state index in [0.29, 0.717) is 10.8 Å². The minimum Gasteiger partial charge on any atom is -0.348 e. The van der Waals surface area contributed by atoms with Gasteiger partial charge in [-0.1, -0.05) is 46.0 Å². The molecule has 1 amide bonds. The summed E-state index contributed by atoms with van der Waals surface area (Å²) in [5.41, 5.74) is 0.520. The standard InChI is InChI=1S/C14H24ClN3OS/c1-13(2,3)9(7-8-15)16-12(19)10-11(14(4,5)6)17-18-20-10/h9H,7-8H2,1-6H3,(H,16,19). The first-order chi connectivity index (χ1) is 9.07. The van der Waals surface area contributed by atoms with Crippen molar-refractivity contribution >= 4 is 29.0 Å². The molecule has 0 saturated heterocycles. The monoisotopic (exact) mass is 317 g/mol. The molecule has 0 fully saturated rings. The molecule has 1 N–H and O–H groups in total. The van der Waals surface area contributed by atoms with Crippen LogP contribution in [0, 0.1) is 5.41 Å². The lowest BCUT2D eigenvalue weighted by Crippen LogP contribution is -2.44. The number of carbonyl (C=O) groups is 1. The lowest BCUT2D eigenvalue weighted by atomic mass is 9.85. The van der Waals surface area contributed by atoms with Crippen molar-refractivity contribution < 1.29 is 4.79 Å². The Morgan fingerprint density at radius 2 is 1.90 bits per heavy atom. The minimum absolute atomic E-state index is 0.0300. The molecule has 0 saturated carbocycles. The molecule has 0 bridgehead atoms. The molecule has 0 radical (unpaired) electrons. The second kappa shape index (κ2) is 6.39. The molecule has 1 rings (SSSR count). The maximum absolute atomic E-state index is 12.5. The van der Waals surface area contributed by atoms with Gasteiger partial charge in [-0.25, -0.2) is 0 Å². The fourth-order valence-electron chi connectivity index (χ4n) is 1.88. The van der Waals surface area contributed by atoms with E-state index in [4.69, 9.17) is 11.6 Å². The van der Waals surface area contributed by atoms with Gasteiger partial charge >= 0.3 is 0 Å². The van der Waals surface area contributed by atoms with Gasteiger partial charge in [0, 0.05) is 17.3 Å². The van der Waals surface area contributed by atoms with Crippen molar-refractivity contribution in [3.05, 3.63) is 10.6 Å². The van der Waals surface area contributed by atoms with Gasteiger partial charge in [0.1, 0.15) is 4.88 Å². The molecular formula is C14H24ClN3OS. The van der Waals surface area contributed by atoms with Gasteiger partial charge < -0.3 is 5.32 Å². The van der Waals surface area contributed by atoms with E-state index >= 15 is 0 Å². The molecule has 1 unspecified atom stereocenters. The molecule has 1 atom stereocenters.